The highest BCUT2D eigenvalue weighted by molar-refractivity contribution is 7.99. The van der Waals surface area contributed by atoms with Crippen LogP contribution in [0.25, 0.3) is 0 Å². The summed E-state index contributed by atoms with van der Waals surface area (Å²) < 4.78 is 1.56. The molecule has 0 spiro atoms. The van der Waals surface area contributed by atoms with E-state index in [0.29, 0.717) is 25.8 Å². The lowest BCUT2D eigenvalue weighted by molar-refractivity contribution is 0.256. The third-order valence-electron chi connectivity index (χ3n) is 4.58. The van der Waals surface area contributed by atoms with E-state index in [1.54, 1.807) is 29.8 Å². The zero-order valence-corrected chi connectivity index (χ0v) is 17.7. The summed E-state index contributed by atoms with van der Waals surface area (Å²) >= 11 is 13.5. The van der Waals surface area contributed by atoms with Crippen molar-refractivity contribution in [1.29, 1.82) is 0 Å². The standard InChI is InChI=1S/C18H23Cl2N5OS/c1-3-7-24-8-10-25(11-9-24)18-22-16(21)15(17(26)23(18)2)27-13-6-4-5-12(19)14(13)20/h4-6H,3,7-11,21H2,1-2H3. The molecular weight excluding hydrogens is 405 g/mol. The van der Waals surface area contributed by atoms with Gasteiger partial charge < -0.3 is 10.6 Å². The molecule has 9 heteroatoms. The number of nitrogens with zero attached hydrogens (tertiary/aromatic N) is 4. The van der Waals surface area contributed by atoms with Crippen molar-refractivity contribution in [2.24, 2.45) is 7.05 Å². The van der Waals surface area contributed by atoms with E-state index in [0.717, 1.165) is 39.1 Å². The lowest BCUT2D eigenvalue weighted by atomic mass is 10.3. The Morgan fingerprint density at radius 2 is 1.93 bits per heavy atom. The third kappa shape index (κ3) is 4.37. The predicted octanol–water partition coefficient (Wildman–Crippen LogP) is 3.35. The lowest BCUT2D eigenvalue weighted by Crippen LogP contribution is -2.48. The molecule has 2 N–H and O–H groups in total. The van der Waals surface area contributed by atoms with Crippen LogP contribution in [0.15, 0.2) is 32.8 Å². The van der Waals surface area contributed by atoms with E-state index in [-0.39, 0.29) is 11.4 Å². The molecule has 0 saturated carbocycles. The molecule has 1 aliphatic rings. The Labute approximate surface area is 173 Å². The average Bonchev–Trinajstić information content (AvgIpc) is 2.66. The summed E-state index contributed by atoms with van der Waals surface area (Å²) in [6, 6.07) is 5.29. The van der Waals surface area contributed by atoms with E-state index in [9.17, 15) is 4.79 Å². The van der Waals surface area contributed by atoms with Crippen molar-refractivity contribution in [2.45, 2.75) is 23.1 Å². The monoisotopic (exact) mass is 427 g/mol. The van der Waals surface area contributed by atoms with Crippen molar-refractivity contribution < 1.29 is 0 Å². The van der Waals surface area contributed by atoms with Gasteiger partial charge in [0.2, 0.25) is 5.95 Å². The molecule has 146 valence electrons. The molecule has 1 aromatic heterocycles. The second-order valence-corrected chi connectivity index (χ2v) is 8.31. The van der Waals surface area contributed by atoms with E-state index < -0.39 is 0 Å². The number of halogens is 2. The fourth-order valence-electron chi connectivity index (χ4n) is 3.13. The average molecular weight is 428 g/mol. The van der Waals surface area contributed by atoms with E-state index in [1.807, 2.05) is 0 Å². The molecule has 1 saturated heterocycles. The first-order valence-corrected chi connectivity index (χ1v) is 10.4. The van der Waals surface area contributed by atoms with Crippen LogP contribution < -0.4 is 16.2 Å². The number of aromatic nitrogens is 2. The summed E-state index contributed by atoms with van der Waals surface area (Å²) in [5.41, 5.74) is 5.96. The van der Waals surface area contributed by atoms with Crippen LogP contribution in [0.2, 0.25) is 10.0 Å². The zero-order chi connectivity index (χ0) is 19.6. The highest BCUT2D eigenvalue weighted by atomic mass is 35.5. The minimum absolute atomic E-state index is 0.186. The van der Waals surface area contributed by atoms with Gasteiger partial charge in [0.05, 0.1) is 10.0 Å². The smallest absolute Gasteiger partial charge is 0.270 e. The molecule has 0 bridgehead atoms. The van der Waals surface area contributed by atoms with Gasteiger partial charge in [-0.2, -0.15) is 4.98 Å². The zero-order valence-electron chi connectivity index (χ0n) is 15.4. The molecular formula is C18H23Cl2N5OS. The van der Waals surface area contributed by atoms with Crippen LogP contribution in [0.1, 0.15) is 13.3 Å². The van der Waals surface area contributed by atoms with Crippen molar-refractivity contribution in [3.05, 3.63) is 38.6 Å². The van der Waals surface area contributed by atoms with E-state index >= 15 is 0 Å². The first-order chi connectivity index (χ1) is 12.9. The van der Waals surface area contributed by atoms with Crippen molar-refractivity contribution in [2.75, 3.05) is 43.4 Å². The molecule has 2 aromatic rings. The van der Waals surface area contributed by atoms with Gasteiger partial charge in [-0.3, -0.25) is 14.3 Å². The van der Waals surface area contributed by atoms with Crippen molar-refractivity contribution >= 4 is 46.7 Å². The van der Waals surface area contributed by atoms with Gasteiger partial charge in [0, 0.05) is 38.1 Å². The molecule has 0 aliphatic carbocycles. The van der Waals surface area contributed by atoms with Crippen molar-refractivity contribution in [3.63, 3.8) is 0 Å². The highest BCUT2D eigenvalue weighted by Gasteiger charge is 2.22. The maximum Gasteiger partial charge on any atom is 0.270 e. The number of anilines is 2. The van der Waals surface area contributed by atoms with E-state index in [4.69, 9.17) is 28.9 Å². The summed E-state index contributed by atoms with van der Waals surface area (Å²) in [7, 11) is 1.73. The second kappa shape index (κ2) is 8.73. The topological polar surface area (TPSA) is 67.4 Å². The molecule has 1 aliphatic heterocycles. The minimum Gasteiger partial charge on any atom is -0.382 e. The summed E-state index contributed by atoms with van der Waals surface area (Å²) in [5, 5.41) is 0.841. The molecule has 2 heterocycles. The van der Waals surface area contributed by atoms with Crippen LogP contribution in [0.4, 0.5) is 11.8 Å². The molecule has 1 aromatic carbocycles. The molecule has 0 amide bonds. The van der Waals surface area contributed by atoms with Gasteiger partial charge >= 0.3 is 0 Å². The van der Waals surface area contributed by atoms with Crippen LogP contribution in [-0.2, 0) is 7.05 Å². The number of piperazine rings is 1. The normalized spacial score (nSPS) is 15.3. The minimum atomic E-state index is -0.186. The highest BCUT2D eigenvalue weighted by Crippen LogP contribution is 2.37. The second-order valence-electron chi connectivity index (χ2n) is 6.47. The van der Waals surface area contributed by atoms with Crippen molar-refractivity contribution in [1.82, 2.24) is 14.5 Å². The SMILES string of the molecule is CCCN1CCN(c2nc(N)c(Sc3cccc(Cl)c3Cl)c(=O)n2C)CC1. The van der Waals surface area contributed by atoms with Crippen LogP contribution >= 0.6 is 35.0 Å². The summed E-state index contributed by atoms with van der Waals surface area (Å²) in [6.07, 6.45) is 1.14. The Balaban J connectivity index is 1.86. The maximum absolute atomic E-state index is 12.9. The van der Waals surface area contributed by atoms with E-state index in [2.05, 4.69) is 21.7 Å². The number of hydrogen-bond acceptors (Lipinski definition) is 6. The molecule has 0 atom stereocenters. The first kappa shape index (κ1) is 20.3. The van der Waals surface area contributed by atoms with Crippen LogP contribution in [0.5, 0.6) is 0 Å². The van der Waals surface area contributed by atoms with Gasteiger partial charge in [0.15, 0.2) is 0 Å². The molecule has 0 unspecified atom stereocenters. The first-order valence-electron chi connectivity index (χ1n) is 8.88. The van der Waals surface area contributed by atoms with E-state index in [1.165, 1.54) is 11.8 Å². The Bertz CT molecular complexity index is 881. The van der Waals surface area contributed by atoms with Crippen molar-refractivity contribution in [3.8, 4) is 0 Å². The molecule has 0 radical (unpaired) electrons. The number of nitrogens with two attached hydrogens (primary N) is 1. The fraction of sp³-hybridized carbons (Fsp3) is 0.444. The van der Waals surface area contributed by atoms with Gasteiger partial charge in [0.1, 0.15) is 10.7 Å². The molecule has 3 rings (SSSR count). The van der Waals surface area contributed by atoms with Gasteiger partial charge in [-0.05, 0) is 25.1 Å². The third-order valence-corrected chi connectivity index (χ3v) is 6.65. The largest absolute Gasteiger partial charge is 0.382 e. The summed E-state index contributed by atoms with van der Waals surface area (Å²) in [4.78, 5) is 23.0. The number of benzene rings is 1. The Hall–Kier alpha value is -1.41. The van der Waals surface area contributed by atoms with Gasteiger partial charge in [-0.1, -0.05) is 48.0 Å². The summed E-state index contributed by atoms with van der Waals surface area (Å²) in [6.45, 7) is 6.84. The predicted molar refractivity (Wildman–Crippen MR) is 113 cm³/mol. The number of nitrogen functional groups attached to an aromatic ring is 1. The van der Waals surface area contributed by atoms with Crippen LogP contribution in [-0.4, -0.2) is 47.2 Å². The maximum atomic E-state index is 12.9. The Morgan fingerprint density at radius 3 is 2.59 bits per heavy atom. The van der Waals surface area contributed by atoms with Gasteiger partial charge in [-0.15, -0.1) is 0 Å². The molecule has 1 fully saturated rings. The number of rotatable bonds is 5. The lowest BCUT2D eigenvalue weighted by Gasteiger charge is -2.35. The summed E-state index contributed by atoms with van der Waals surface area (Å²) in [5.74, 6) is 0.820. The molecule has 27 heavy (non-hydrogen) atoms. The van der Waals surface area contributed by atoms with Gasteiger partial charge in [0.25, 0.3) is 5.56 Å². The van der Waals surface area contributed by atoms with Crippen LogP contribution in [0, 0.1) is 0 Å². The Kier molecular flexibility index (Phi) is 6.57. The fourth-order valence-corrected chi connectivity index (χ4v) is 4.54. The molecule has 6 nitrogen and oxygen atoms in total. The Morgan fingerprint density at radius 1 is 1.22 bits per heavy atom. The van der Waals surface area contributed by atoms with Gasteiger partial charge in [-0.25, -0.2) is 0 Å². The quantitative estimate of drug-likeness (QED) is 0.788. The van der Waals surface area contributed by atoms with Crippen LogP contribution in [0.3, 0.4) is 0 Å². The number of hydrogen-bond donors (Lipinski definition) is 1.